The van der Waals surface area contributed by atoms with E-state index in [1.165, 1.54) is 0 Å². The van der Waals surface area contributed by atoms with Crippen LogP contribution in [-0.2, 0) is 6.54 Å². The zero-order valence-electron chi connectivity index (χ0n) is 13.4. The van der Waals surface area contributed by atoms with Crippen LogP contribution < -0.4 is 5.73 Å². The Bertz CT molecular complexity index is 715. The van der Waals surface area contributed by atoms with Gasteiger partial charge < -0.3 is 5.73 Å². The maximum absolute atomic E-state index is 8.81. The quantitative estimate of drug-likeness (QED) is 0.924. The van der Waals surface area contributed by atoms with Crippen molar-refractivity contribution in [1.82, 2.24) is 19.8 Å². The van der Waals surface area contributed by atoms with Crippen LogP contribution in [0.4, 0.5) is 5.82 Å². The molecule has 120 valence electrons. The summed E-state index contributed by atoms with van der Waals surface area (Å²) in [6.07, 6.45) is 0.588. The highest BCUT2D eigenvalue weighted by atomic mass is 15.3. The van der Waals surface area contributed by atoms with Gasteiger partial charge in [-0.05, 0) is 19.1 Å². The zero-order chi connectivity index (χ0) is 16.2. The standard InChI is InChI=1S/C17H22N6/c1-13(6-7-18)23-10-8-22(9-11-23)12-16-20-15-5-3-2-4-14(15)17(19)21-16/h2-5,13H,6,8-12H2,1H3,(H2,19,20,21)/t13-/m1/s1. The monoisotopic (exact) mass is 310 g/mol. The third-order valence-corrected chi connectivity index (χ3v) is 4.46. The summed E-state index contributed by atoms with van der Waals surface area (Å²) < 4.78 is 0. The number of nitrogens with two attached hydrogens (primary N) is 1. The molecule has 2 N–H and O–H groups in total. The van der Waals surface area contributed by atoms with Crippen molar-refractivity contribution in [2.45, 2.75) is 25.9 Å². The molecule has 1 saturated heterocycles. The molecule has 3 rings (SSSR count). The van der Waals surface area contributed by atoms with E-state index in [4.69, 9.17) is 11.0 Å². The number of piperazine rings is 1. The first-order chi connectivity index (χ1) is 11.2. The topological polar surface area (TPSA) is 82.1 Å². The maximum atomic E-state index is 8.81. The molecule has 1 aliphatic heterocycles. The highest BCUT2D eigenvalue weighted by molar-refractivity contribution is 5.87. The van der Waals surface area contributed by atoms with Gasteiger partial charge in [0, 0.05) is 37.6 Å². The van der Waals surface area contributed by atoms with E-state index in [9.17, 15) is 0 Å². The summed E-state index contributed by atoms with van der Waals surface area (Å²) in [5.74, 6) is 1.33. The van der Waals surface area contributed by atoms with Crippen LogP contribution in [0.1, 0.15) is 19.2 Å². The first-order valence-electron chi connectivity index (χ1n) is 8.02. The Kier molecular flexibility index (Phi) is 4.70. The van der Waals surface area contributed by atoms with Crippen LogP contribution in [-0.4, -0.2) is 52.0 Å². The minimum atomic E-state index is 0.328. The Labute approximate surface area is 136 Å². The normalized spacial score (nSPS) is 17.9. The van der Waals surface area contributed by atoms with Crippen LogP contribution in [0.25, 0.3) is 10.9 Å². The minimum Gasteiger partial charge on any atom is -0.383 e. The third-order valence-electron chi connectivity index (χ3n) is 4.46. The molecule has 1 aromatic carbocycles. The fourth-order valence-electron chi connectivity index (χ4n) is 3.05. The molecule has 1 aromatic heterocycles. The van der Waals surface area contributed by atoms with Crippen molar-refractivity contribution in [2.24, 2.45) is 0 Å². The number of hydrogen-bond acceptors (Lipinski definition) is 6. The molecular formula is C17H22N6. The number of benzene rings is 1. The van der Waals surface area contributed by atoms with E-state index in [1.54, 1.807) is 0 Å². The summed E-state index contributed by atoms with van der Waals surface area (Å²) in [6.45, 7) is 6.72. The van der Waals surface area contributed by atoms with Crippen molar-refractivity contribution < 1.29 is 0 Å². The predicted octanol–water partition coefficient (Wildman–Crippen LogP) is 1.63. The Morgan fingerprint density at radius 2 is 1.96 bits per heavy atom. The molecule has 0 spiro atoms. The minimum absolute atomic E-state index is 0.328. The molecule has 0 aliphatic carbocycles. The fraction of sp³-hybridized carbons (Fsp3) is 0.471. The summed E-state index contributed by atoms with van der Waals surface area (Å²) in [4.78, 5) is 13.8. The van der Waals surface area contributed by atoms with E-state index in [2.05, 4.69) is 32.8 Å². The average Bonchev–Trinajstić information content (AvgIpc) is 2.56. The largest absolute Gasteiger partial charge is 0.383 e. The number of fused-ring (bicyclic) bond motifs is 1. The Balaban J connectivity index is 1.64. The van der Waals surface area contributed by atoms with Gasteiger partial charge in [-0.15, -0.1) is 0 Å². The lowest BCUT2D eigenvalue weighted by molar-refractivity contribution is 0.0977. The van der Waals surface area contributed by atoms with Crippen LogP contribution in [0.5, 0.6) is 0 Å². The smallest absolute Gasteiger partial charge is 0.145 e. The first-order valence-corrected chi connectivity index (χ1v) is 8.02. The van der Waals surface area contributed by atoms with E-state index >= 15 is 0 Å². The molecule has 6 heteroatoms. The molecule has 2 heterocycles. The number of nitrogens with zero attached hydrogens (tertiary/aromatic N) is 5. The van der Waals surface area contributed by atoms with Gasteiger partial charge in [0.1, 0.15) is 11.6 Å². The van der Waals surface area contributed by atoms with Gasteiger partial charge in [0.25, 0.3) is 0 Å². The van der Waals surface area contributed by atoms with Gasteiger partial charge in [0.15, 0.2) is 0 Å². The van der Waals surface area contributed by atoms with Crippen molar-refractivity contribution >= 4 is 16.7 Å². The van der Waals surface area contributed by atoms with Gasteiger partial charge in [-0.2, -0.15) is 5.26 Å². The van der Waals surface area contributed by atoms with Gasteiger partial charge in [0.2, 0.25) is 0 Å². The summed E-state index contributed by atoms with van der Waals surface area (Å²) in [5, 5.41) is 9.72. The molecule has 2 aromatic rings. The van der Waals surface area contributed by atoms with Gasteiger partial charge in [0.05, 0.1) is 24.6 Å². The molecule has 0 bridgehead atoms. The molecule has 1 fully saturated rings. The van der Waals surface area contributed by atoms with Crippen molar-refractivity contribution in [3.8, 4) is 6.07 Å². The Morgan fingerprint density at radius 3 is 2.70 bits per heavy atom. The fourth-order valence-corrected chi connectivity index (χ4v) is 3.05. The van der Waals surface area contributed by atoms with Crippen LogP contribution in [0.2, 0.25) is 0 Å². The zero-order valence-corrected chi connectivity index (χ0v) is 13.4. The average molecular weight is 310 g/mol. The summed E-state index contributed by atoms with van der Waals surface area (Å²) in [5.41, 5.74) is 6.95. The lowest BCUT2D eigenvalue weighted by atomic mass is 10.2. The SMILES string of the molecule is C[C@H](CC#N)N1CCN(Cc2nc(N)c3ccccc3n2)CC1. The second kappa shape index (κ2) is 6.90. The molecule has 0 radical (unpaired) electrons. The summed E-state index contributed by atoms with van der Waals surface area (Å²) >= 11 is 0. The van der Waals surface area contributed by atoms with Gasteiger partial charge in [-0.3, -0.25) is 9.80 Å². The molecule has 0 amide bonds. The Hall–Kier alpha value is -2.23. The highest BCUT2D eigenvalue weighted by Gasteiger charge is 2.21. The number of aromatic nitrogens is 2. The van der Waals surface area contributed by atoms with E-state index in [-0.39, 0.29) is 0 Å². The lowest BCUT2D eigenvalue weighted by Gasteiger charge is -2.37. The number of para-hydroxylation sites is 1. The van der Waals surface area contributed by atoms with Crippen LogP contribution in [0.15, 0.2) is 24.3 Å². The van der Waals surface area contributed by atoms with Crippen molar-refractivity contribution in [2.75, 3.05) is 31.9 Å². The van der Waals surface area contributed by atoms with Gasteiger partial charge in [-0.1, -0.05) is 12.1 Å². The first kappa shape index (κ1) is 15.7. The number of nitriles is 1. The van der Waals surface area contributed by atoms with E-state index in [1.807, 2.05) is 24.3 Å². The molecule has 1 aliphatic rings. The van der Waals surface area contributed by atoms with E-state index in [0.717, 1.165) is 49.5 Å². The molecular weight excluding hydrogens is 288 g/mol. The van der Waals surface area contributed by atoms with Crippen molar-refractivity contribution in [3.05, 3.63) is 30.1 Å². The van der Waals surface area contributed by atoms with Crippen molar-refractivity contribution in [3.63, 3.8) is 0 Å². The van der Waals surface area contributed by atoms with Crippen LogP contribution in [0.3, 0.4) is 0 Å². The second-order valence-electron chi connectivity index (χ2n) is 6.07. The third kappa shape index (κ3) is 3.58. The van der Waals surface area contributed by atoms with Crippen LogP contribution in [0, 0.1) is 11.3 Å². The molecule has 1 atom stereocenters. The molecule has 0 unspecified atom stereocenters. The summed E-state index contributed by atoms with van der Waals surface area (Å²) in [6, 6.07) is 10.4. The Morgan fingerprint density at radius 1 is 1.22 bits per heavy atom. The van der Waals surface area contributed by atoms with Crippen molar-refractivity contribution in [1.29, 1.82) is 5.26 Å². The predicted molar refractivity (Wildman–Crippen MR) is 90.5 cm³/mol. The number of anilines is 1. The van der Waals surface area contributed by atoms with Gasteiger partial charge in [-0.25, -0.2) is 9.97 Å². The highest BCUT2D eigenvalue weighted by Crippen LogP contribution is 2.18. The number of nitrogen functional groups attached to an aromatic ring is 1. The second-order valence-corrected chi connectivity index (χ2v) is 6.07. The van der Waals surface area contributed by atoms with Gasteiger partial charge >= 0.3 is 0 Å². The van der Waals surface area contributed by atoms with Crippen LogP contribution >= 0.6 is 0 Å². The maximum Gasteiger partial charge on any atom is 0.145 e. The lowest BCUT2D eigenvalue weighted by Crippen LogP contribution is -2.49. The van der Waals surface area contributed by atoms with E-state index in [0.29, 0.717) is 18.3 Å². The molecule has 0 saturated carbocycles. The summed E-state index contributed by atoms with van der Waals surface area (Å²) in [7, 11) is 0. The number of hydrogen-bond donors (Lipinski definition) is 1. The molecule has 23 heavy (non-hydrogen) atoms. The number of rotatable bonds is 4. The van der Waals surface area contributed by atoms with E-state index < -0.39 is 0 Å². The molecule has 6 nitrogen and oxygen atoms in total.